The van der Waals surface area contributed by atoms with Crippen molar-refractivity contribution in [2.24, 2.45) is 5.92 Å². The fourth-order valence-corrected chi connectivity index (χ4v) is 3.45. The van der Waals surface area contributed by atoms with Gasteiger partial charge in [-0.2, -0.15) is 0 Å². The maximum absolute atomic E-state index is 9.89. The third-order valence-electron chi connectivity index (χ3n) is 4.38. The van der Waals surface area contributed by atoms with Gasteiger partial charge in [0.05, 0.1) is 0 Å². The van der Waals surface area contributed by atoms with Gasteiger partial charge in [-0.15, -0.1) is 0 Å². The zero-order valence-corrected chi connectivity index (χ0v) is 13.8. The number of anilines is 2. The molecule has 2 aromatic carbocycles. The minimum Gasteiger partial charge on any atom is -0.508 e. The van der Waals surface area contributed by atoms with Gasteiger partial charge < -0.3 is 14.9 Å². The molecule has 0 amide bonds. The smallest absolute Gasteiger partial charge is 0.116 e. The molecule has 3 heteroatoms. The first-order chi connectivity index (χ1) is 12.3. The van der Waals surface area contributed by atoms with Crippen molar-refractivity contribution in [2.75, 3.05) is 32.0 Å². The van der Waals surface area contributed by atoms with Gasteiger partial charge >= 0.3 is 0 Å². The molecule has 1 aliphatic heterocycles. The largest absolute Gasteiger partial charge is 0.508 e. The fraction of sp³-hybridized carbons (Fsp3) is 0.400. The van der Waals surface area contributed by atoms with Gasteiger partial charge in [-0.05, 0) is 68.2 Å². The van der Waals surface area contributed by atoms with E-state index in [1.807, 2.05) is 18.2 Å². The molecule has 0 aromatic heterocycles. The van der Waals surface area contributed by atoms with Gasteiger partial charge in [0.15, 0.2) is 0 Å². The van der Waals surface area contributed by atoms with E-state index in [0.29, 0.717) is 6.54 Å². The summed E-state index contributed by atoms with van der Waals surface area (Å²) < 4.78 is 22.7. The van der Waals surface area contributed by atoms with E-state index < -0.39 is 6.98 Å². The summed E-state index contributed by atoms with van der Waals surface area (Å²) in [7, 11) is 1.64. The Morgan fingerprint density at radius 3 is 2.74 bits per heavy atom. The van der Waals surface area contributed by atoms with Crippen LogP contribution < -0.4 is 4.90 Å². The lowest BCUT2D eigenvalue weighted by Crippen LogP contribution is -2.30. The Labute approximate surface area is 143 Å². The van der Waals surface area contributed by atoms with Crippen LogP contribution >= 0.6 is 0 Å². The molecule has 1 N–H and O–H groups in total. The van der Waals surface area contributed by atoms with Gasteiger partial charge in [0.25, 0.3) is 0 Å². The van der Waals surface area contributed by atoms with Crippen LogP contribution in [0.25, 0.3) is 0 Å². The van der Waals surface area contributed by atoms with Crippen LogP contribution in [0.5, 0.6) is 5.75 Å². The van der Waals surface area contributed by atoms with Crippen molar-refractivity contribution >= 4 is 11.4 Å². The van der Waals surface area contributed by atoms with Gasteiger partial charge in [-0.25, -0.2) is 0 Å². The van der Waals surface area contributed by atoms with Crippen LogP contribution in [-0.2, 0) is 12.8 Å². The molecule has 1 heterocycles. The second-order valence-corrected chi connectivity index (χ2v) is 6.54. The van der Waals surface area contributed by atoms with E-state index in [4.69, 9.17) is 4.11 Å². The first-order valence-electron chi connectivity index (χ1n) is 9.64. The average molecular weight is 313 g/mol. The zero-order valence-electron chi connectivity index (χ0n) is 16.8. The van der Waals surface area contributed by atoms with E-state index >= 15 is 0 Å². The third-order valence-corrected chi connectivity index (χ3v) is 4.38. The number of hydrogen-bond acceptors (Lipinski definition) is 3. The Balaban J connectivity index is 1.92. The molecule has 3 rings (SSSR count). The van der Waals surface area contributed by atoms with Gasteiger partial charge in [0.2, 0.25) is 0 Å². The molecular weight excluding hydrogens is 284 g/mol. The monoisotopic (exact) mass is 313 g/mol. The number of hydrogen-bond donors (Lipinski definition) is 1. The minimum absolute atomic E-state index is 0.160. The molecular formula is C20H26N2O. The first kappa shape index (κ1) is 12.4. The molecule has 1 aliphatic rings. The summed E-state index contributed by atoms with van der Waals surface area (Å²) in [4.78, 5) is 3.70. The highest BCUT2D eigenvalue weighted by Gasteiger charge is 2.22. The van der Waals surface area contributed by atoms with Crippen molar-refractivity contribution in [2.45, 2.75) is 19.8 Å². The summed E-state index contributed by atoms with van der Waals surface area (Å²) >= 11 is 0. The number of phenols is 1. The van der Waals surface area contributed by atoms with Gasteiger partial charge in [0.1, 0.15) is 5.75 Å². The average Bonchev–Trinajstić information content (AvgIpc) is 2.71. The topological polar surface area (TPSA) is 26.7 Å². The van der Waals surface area contributed by atoms with Crippen LogP contribution in [0.15, 0.2) is 42.5 Å². The number of phenolic OH excluding ortho intramolecular Hbond substituents is 1. The molecule has 0 saturated carbocycles. The highest BCUT2D eigenvalue weighted by Crippen LogP contribution is 2.37. The third kappa shape index (κ3) is 3.50. The molecule has 2 aromatic rings. The molecule has 1 atom stereocenters. The second-order valence-electron chi connectivity index (χ2n) is 6.54. The predicted molar refractivity (Wildman–Crippen MR) is 96.7 cm³/mol. The number of fused-ring (bicyclic) bond motifs is 2. The van der Waals surface area contributed by atoms with Gasteiger partial charge in [-0.1, -0.05) is 25.1 Å². The van der Waals surface area contributed by atoms with E-state index in [1.54, 1.807) is 13.1 Å². The first-order valence-corrected chi connectivity index (χ1v) is 8.14. The van der Waals surface area contributed by atoms with E-state index in [-0.39, 0.29) is 11.7 Å². The number of aromatic hydroxyl groups is 1. The van der Waals surface area contributed by atoms with Crippen molar-refractivity contribution in [1.82, 2.24) is 4.90 Å². The molecule has 0 spiro atoms. The van der Waals surface area contributed by atoms with Crippen LogP contribution in [-0.4, -0.2) is 37.1 Å². The SMILES string of the molecule is [2H]C([2H])([2H])N(C)CC(C)CN1c2ccccc2CCc2cc(O)ccc21. The Morgan fingerprint density at radius 2 is 1.91 bits per heavy atom. The van der Waals surface area contributed by atoms with Gasteiger partial charge in [-0.3, -0.25) is 0 Å². The Bertz CT molecular complexity index is 776. The van der Waals surface area contributed by atoms with Crippen molar-refractivity contribution < 1.29 is 9.22 Å². The van der Waals surface area contributed by atoms with Crippen LogP contribution in [0.4, 0.5) is 11.4 Å². The lowest BCUT2D eigenvalue weighted by molar-refractivity contribution is 0.343. The summed E-state index contributed by atoms with van der Waals surface area (Å²) in [6.45, 7) is 1.21. The number of nitrogens with zero attached hydrogens (tertiary/aromatic N) is 2. The Hall–Kier alpha value is -2.00. The fourth-order valence-electron chi connectivity index (χ4n) is 3.45. The normalized spacial score (nSPS) is 17.5. The summed E-state index contributed by atoms with van der Waals surface area (Å²) in [6.07, 6.45) is 1.80. The number of para-hydroxylation sites is 1. The quantitative estimate of drug-likeness (QED) is 0.929. The lowest BCUT2D eigenvalue weighted by Gasteiger charge is -2.30. The lowest BCUT2D eigenvalue weighted by atomic mass is 10.0. The van der Waals surface area contributed by atoms with E-state index in [1.165, 1.54) is 16.2 Å². The summed E-state index contributed by atoms with van der Waals surface area (Å²) in [6, 6.07) is 13.9. The van der Waals surface area contributed by atoms with Crippen molar-refractivity contribution in [3.8, 4) is 5.75 Å². The molecule has 122 valence electrons. The van der Waals surface area contributed by atoms with Crippen molar-refractivity contribution in [3.63, 3.8) is 0 Å². The Kier molecular flexibility index (Phi) is 3.58. The van der Waals surface area contributed by atoms with Crippen LogP contribution in [0.3, 0.4) is 0 Å². The molecule has 0 bridgehead atoms. The summed E-state index contributed by atoms with van der Waals surface area (Å²) in [5.74, 6) is 0.443. The van der Waals surface area contributed by atoms with E-state index in [9.17, 15) is 5.11 Å². The van der Waals surface area contributed by atoms with Gasteiger partial charge in [0, 0.05) is 28.6 Å². The molecule has 0 fully saturated rings. The van der Waals surface area contributed by atoms with Crippen LogP contribution in [0, 0.1) is 5.92 Å². The second kappa shape index (κ2) is 6.63. The summed E-state index contributed by atoms with van der Waals surface area (Å²) in [5, 5.41) is 9.89. The number of benzene rings is 2. The number of rotatable bonds is 4. The summed E-state index contributed by atoms with van der Waals surface area (Å²) in [5.41, 5.74) is 4.66. The maximum Gasteiger partial charge on any atom is 0.116 e. The number of aryl methyl sites for hydroxylation is 2. The van der Waals surface area contributed by atoms with E-state index in [2.05, 4.69) is 30.0 Å². The highest BCUT2D eigenvalue weighted by molar-refractivity contribution is 5.71. The molecule has 0 radical (unpaired) electrons. The minimum atomic E-state index is -2.07. The molecule has 3 nitrogen and oxygen atoms in total. The van der Waals surface area contributed by atoms with E-state index in [0.717, 1.165) is 30.6 Å². The standard InChI is InChI=1S/C20H26N2O/c1-15(13-21(2)3)14-22-19-7-5-4-6-16(19)8-9-17-12-18(23)10-11-20(17)22/h4-7,10-12,15,23H,8-9,13-14H2,1-3H3/i2D3. The molecule has 1 unspecified atom stereocenters. The van der Waals surface area contributed by atoms with Crippen LogP contribution in [0.1, 0.15) is 22.2 Å². The van der Waals surface area contributed by atoms with Crippen LogP contribution in [0.2, 0.25) is 0 Å². The molecule has 0 saturated heterocycles. The van der Waals surface area contributed by atoms with Crippen molar-refractivity contribution in [3.05, 3.63) is 53.6 Å². The molecule has 23 heavy (non-hydrogen) atoms. The Morgan fingerprint density at radius 1 is 1.17 bits per heavy atom. The maximum atomic E-state index is 9.89. The van der Waals surface area contributed by atoms with Crippen molar-refractivity contribution in [1.29, 1.82) is 0 Å². The zero-order chi connectivity index (χ0) is 18.9. The predicted octanol–water partition coefficient (Wildman–Crippen LogP) is 3.83. The highest BCUT2D eigenvalue weighted by atomic mass is 16.3. The molecule has 0 aliphatic carbocycles.